The minimum Gasteiger partial charge on any atom is -0.477 e. The standard InChI is InChI=1S/C19H28N2O10/c1-9(22)21-16-13(20-5)7-14(19(26)27-6)31-18(16)17(30-12(4)25)15(29-11(3)24)8-28-10(2)23/h7,13,15-18,20H,8H2,1-6H3,(H,21,22)/t13-,15+,16+,17+,18+/m0/s1. The Balaban J connectivity index is 3.48. The summed E-state index contributed by atoms with van der Waals surface area (Å²) in [5, 5.41) is 5.60. The summed E-state index contributed by atoms with van der Waals surface area (Å²) in [6.45, 7) is 4.20. The van der Waals surface area contributed by atoms with Crippen LogP contribution in [0.4, 0.5) is 0 Å². The van der Waals surface area contributed by atoms with Crippen LogP contribution in [0, 0.1) is 0 Å². The summed E-state index contributed by atoms with van der Waals surface area (Å²) in [6, 6.07) is -1.52. The van der Waals surface area contributed by atoms with Crippen LogP contribution in [0.2, 0.25) is 0 Å². The van der Waals surface area contributed by atoms with Crippen molar-refractivity contribution in [2.75, 3.05) is 20.8 Å². The van der Waals surface area contributed by atoms with E-state index in [1.54, 1.807) is 7.05 Å². The van der Waals surface area contributed by atoms with Crippen LogP contribution in [0.25, 0.3) is 0 Å². The third-order valence-corrected chi connectivity index (χ3v) is 4.19. The largest absolute Gasteiger partial charge is 0.477 e. The van der Waals surface area contributed by atoms with Gasteiger partial charge in [-0.1, -0.05) is 0 Å². The predicted octanol–water partition coefficient (Wildman–Crippen LogP) is -1.04. The van der Waals surface area contributed by atoms with Crippen molar-refractivity contribution in [1.29, 1.82) is 0 Å². The number of hydrogen-bond acceptors (Lipinski definition) is 11. The molecule has 0 fully saturated rings. The second-order valence-electron chi connectivity index (χ2n) is 6.67. The van der Waals surface area contributed by atoms with Gasteiger partial charge in [-0.3, -0.25) is 19.2 Å². The van der Waals surface area contributed by atoms with E-state index in [4.69, 9.17) is 23.7 Å². The predicted molar refractivity (Wildman–Crippen MR) is 103 cm³/mol. The molecule has 1 rings (SSSR count). The van der Waals surface area contributed by atoms with Crippen molar-refractivity contribution in [1.82, 2.24) is 10.6 Å². The molecule has 1 amide bonds. The highest BCUT2D eigenvalue weighted by atomic mass is 16.6. The van der Waals surface area contributed by atoms with Gasteiger partial charge in [-0.15, -0.1) is 0 Å². The van der Waals surface area contributed by atoms with E-state index in [9.17, 15) is 24.0 Å². The zero-order valence-electron chi connectivity index (χ0n) is 18.3. The smallest absolute Gasteiger partial charge is 0.373 e. The van der Waals surface area contributed by atoms with Crippen LogP contribution in [0.15, 0.2) is 11.8 Å². The van der Waals surface area contributed by atoms with E-state index in [1.807, 2.05) is 0 Å². The molecule has 12 nitrogen and oxygen atoms in total. The Hall–Kier alpha value is -3.15. The lowest BCUT2D eigenvalue weighted by molar-refractivity contribution is -0.188. The van der Waals surface area contributed by atoms with Crippen molar-refractivity contribution in [3.05, 3.63) is 11.8 Å². The van der Waals surface area contributed by atoms with E-state index in [1.165, 1.54) is 13.0 Å². The minimum atomic E-state index is -1.36. The molecule has 174 valence electrons. The summed E-state index contributed by atoms with van der Waals surface area (Å²) in [6.07, 6.45) is -2.46. The fourth-order valence-corrected chi connectivity index (χ4v) is 3.04. The van der Waals surface area contributed by atoms with Gasteiger partial charge in [0.1, 0.15) is 6.61 Å². The van der Waals surface area contributed by atoms with Crippen LogP contribution in [0.5, 0.6) is 0 Å². The van der Waals surface area contributed by atoms with Gasteiger partial charge in [0.2, 0.25) is 11.7 Å². The third kappa shape index (κ3) is 7.89. The molecule has 0 aromatic heterocycles. The summed E-state index contributed by atoms with van der Waals surface area (Å²) in [4.78, 5) is 58.8. The molecule has 0 spiro atoms. The first-order chi connectivity index (χ1) is 14.5. The highest BCUT2D eigenvalue weighted by Crippen LogP contribution is 2.26. The average Bonchev–Trinajstić information content (AvgIpc) is 2.68. The third-order valence-electron chi connectivity index (χ3n) is 4.19. The molecule has 0 aromatic carbocycles. The van der Waals surface area contributed by atoms with Gasteiger partial charge in [-0.25, -0.2) is 4.79 Å². The molecule has 1 aliphatic heterocycles. The number of amides is 1. The maximum atomic E-state index is 12.1. The molecule has 0 saturated carbocycles. The lowest BCUT2D eigenvalue weighted by Crippen LogP contribution is -2.63. The van der Waals surface area contributed by atoms with Crippen molar-refractivity contribution in [3.8, 4) is 0 Å². The average molecular weight is 444 g/mol. The molecule has 5 atom stereocenters. The fraction of sp³-hybridized carbons (Fsp3) is 0.632. The second-order valence-corrected chi connectivity index (χ2v) is 6.67. The van der Waals surface area contributed by atoms with Crippen LogP contribution >= 0.6 is 0 Å². The molecule has 2 N–H and O–H groups in total. The number of rotatable bonds is 9. The maximum Gasteiger partial charge on any atom is 0.373 e. The van der Waals surface area contributed by atoms with Gasteiger partial charge < -0.3 is 34.3 Å². The number of nitrogens with one attached hydrogen (secondary N) is 2. The van der Waals surface area contributed by atoms with Crippen LogP contribution < -0.4 is 10.6 Å². The molecule has 0 aliphatic carbocycles. The Labute approximate surface area is 179 Å². The summed E-state index contributed by atoms with van der Waals surface area (Å²) in [5.41, 5.74) is 0. The van der Waals surface area contributed by atoms with E-state index >= 15 is 0 Å². The second kappa shape index (κ2) is 11.9. The molecule has 0 bridgehead atoms. The van der Waals surface area contributed by atoms with Crippen molar-refractivity contribution >= 4 is 29.8 Å². The van der Waals surface area contributed by atoms with E-state index in [-0.39, 0.29) is 5.76 Å². The Bertz CT molecular complexity index is 735. The Kier molecular flexibility index (Phi) is 9.93. The first-order valence-electron chi connectivity index (χ1n) is 9.39. The molecule has 0 saturated heterocycles. The number of hydrogen-bond donors (Lipinski definition) is 2. The molecule has 0 unspecified atom stereocenters. The number of methoxy groups -OCH3 is 1. The Morgan fingerprint density at radius 1 is 1.03 bits per heavy atom. The van der Waals surface area contributed by atoms with Crippen LogP contribution in [-0.4, -0.2) is 80.9 Å². The number of likely N-dealkylation sites (N-methyl/N-ethyl adjacent to an activating group) is 1. The maximum absolute atomic E-state index is 12.1. The molecular weight excluding hydrogens is 416 g/mol. The highest BCUT2D eigenvalue weighted by molar-refractivity contribution is 5.86. The number of ether oxygens (including phenoxy) is 5. The van der Waals surface area contributed by atoms with E-state index in [0.29, 0.717) is 0 Å². The Morgan fingerprint density at radius 3 is 2.10 bits per heavy atom. The highest BCUT2D eigenvalue weighted by Gasteiger charge is 2.47. The topological polar surface area (TPSA) is 156 Å². The van der Waals surface area contributed by atoms with Crippen molar-refractivity contribution in [3.63, 3.8) is 0 Å². The molecular formula is C19H28N2O10. The normalized spacial score (nSPS) is 22.0. The molecule has 12 heteroatoms. The van der Waals surface area contributed by atoms with Crippen molar-refractivity contribution in [2.45, 2.75) is 58.1 Å². The molecule has 31 heavy (non-hydrogen) atoms. The first kappa shape index (κ1) is 25.9. The monoisotopic (exact) mass is 444 g/mol. The van der Waals surface area contributed by atoms with Gasteiger partial charge in [-0.2, -0.15) is 0 Å². The van der Waals surface area contributed by atoms with Crippen LogP contribution in [-0.2, 0) is 47.7 Å². The number of carbonyl (C=O) groups is 5. The van der Waals surface area contributed by atoms with Crippen LogP contribution in [0.3, 0.4) is 0 Å². The molecule has 1 aliphatic rings. The van der Waals surface area contributed by atoms with Gasteiger partial charge >= 0.3 is 23.9 Å². The quantitative estimate of drug-likeness (QED) is 0.331. The van der Waals surface area contributed by atoms with E-state index < -0.39 is 66.8 Å². The fourth-order valence-electron chi connectivity index (χ4n) is 3.04. The van der Waals surface area contributed by atoms with Crippen molar-refractivity contribution < 1.29 is 47.7 Å². The van der Waals surface area contributed by atoms with Gasteiger partial charge in [0.05, 0.1) is 19.2 Å². The van der Waals surface area contributed by atoms with Crippen LogP contribution in [0.1, 0.15) is 27.7 Å². The lowest BCUT2D eigenvalue weighted by Gasteiger charge is -2.41. The number of carbonyl (C=O) groups excluding carboxylic acids is 5. The van der Waals surface area contributed by atoms with E-state index in [0.717, 1.165) is 27.9 Å². The van der Waals surface area contributed by atoms with Crippen molar-refractivity contribution in [2.24, 2.45) is 0 Å². The molecule has 1 heterocycles. The SMILES string of the molecule is CN[C@H]1C=C(C(=O)OC)O[C@@H]([C@H](OC(C)=O)[C@@H](COC(C)=O)OC(C)=O)[C@@H]1NC(C)=O. The summed E-state index contributed by atoms with van der Waals surface area (Å²) < 4.78 is 26.0. The zero-order chi connectivity index (χ0) is 23.7. The van der Waals surface area contributed by atoms with Gasteiger partial charge in [0, 0.05) is 27.7 Å². The lowest BCUT2D eigenvalue weighted by atomic mass is 9.91. The minimum absolute atomic E-state index is 0.209. The summed E-state index contributed by atoms with van der Waals surface area (Å²) >= 11 is 0. The van der Waals surface area contributed by atoms with Gasteiger partial charge in [0.15, 0.2) is 18.3 Å². The Morgan fingerprint density at radius 2 is 1.65 bits per heavy atom. The van der Waals surface area contributed by atoms with Gasteiger partial charge in [0.25, 0.3) is 0 Å². The number of esters is 4. The zero-order valence-corrected chi connectivity index (χ0v) is 18.3. The summed E-state index contributed by atoms with van der Waals surface area (Å²) in [7, 11) is 2.73. The van der Waals surface area contributed by atoms with E-state index in [2.05, 4.69) is 10.6 Å². The first-order valence-corrected chi connectivity index (χ1v) is 9.39. The van der Waals surface area contributed by atoms with Gasteiger partial charge in [-0.05, 0) is 13.1 Å². The molecule has 0 aromatic rings. The molecule has 0 radical (unpaired) electrons. The summed E-state index contributed by atoms with van der Waals surface area (Å²) in [5.74, 6) is -3.61.